The Labute approximate surface area is 538 Å². The number of benzene rings is 6. The minimum absolute atomic E-state index is 0.138. The van der Waals surface area contributed by atoms with E-state index >= 15 is 0 Å². The molecule has 0 amide bonds. The van der Waals surface area contributed by atoms with Crippen LogP contribution in [0.2, 0.25) is 76.6 Å². The van der Waals surface area contributed by atoms with Gasteiger partial charge in [0.05, 0.1) is 59.9 Å². The summed E-state index contributed by atoms with van der Waals surface area (Å²) in [6.45, 7) is 29.6. The first-order valence-corrected chi connectivity index (χ1v) is 43.7. The Bertz CT molecular complexity index is 2910. The van der Waals surface area contributed by atoms with E-state index in [-0.39, 0.29) is 23.3 Å². The van der Waals surface area contributed by atoms with E-state index < -0.39 is 33.3 Å². The molecule has 0 aromatic heterocycles. The van der Waals surface area contributed by atoms with E-state index in [1.807, 2.05) is 60.7 Å². The zero-order valence-corrected chi connectivity index (χ0v) is 60.8. The molecule has 0 fully saturated rings. The Morgan fingerprint density at radius 3 is 1.09 bits per heavy atom. The third-order valence-electron chi connectivity index (χ3n) is 15.6. The highest BCUT2D eigenvalue weighted by Gasteiger charge is 2.36. The van der Waals surface area contributed by atoms with Crippen molar-refractivity contribution in [1.82, 2.24) is 0 Å². The predicted molar refractivity (Wildman–Crippen MR) is 371 cm³/mol. The molecule has 6 rings (SSSR count). The molecule has 0 saturated heterocycles. The van der Waals surface area contributed by atoms with E-state index in [0.29, 0.717) is 53.4 Å². The number of carbonyl (C=O) groups excluding carboxylic acids is 3. The number of ether oxygens (including phenoxy) is 8. The maximum atomic E-state index is 12.3. The second-order valence-corrected chi connectivity index (χ2v) is 43.5. The van der Waals surface area contributed by atoms with Crippen LogP contribution in [-0.4, -0.2) is 99.9 Å². The fourth-order valence-corrected chi connectivity index (χ4v) is 30.7. The molecule has 0 spiro atoms. The highest BCUT2D eigenvalue weighted by atomic mass is 28.4. The van der Waals surface area contributed by atoms with Crippen LogP contribution in [0.1, 0.15) is 103 Å². The molecule has 0 heterocycles. The smallest absolute Gasteiger partial charge is 0.338 e. The third kappa shape index (κ3) is 27.3. The van der Waals surface area contributed by atoms with Gasteiger partial charge in [-0.05, 0) is 234 Å². The minimum Gasteiger partial charge on any atom is -0.497 e. The Balaban J connectivity index is 0.000000299. The molecule has 6 aromatic rings. The number of carbonyl (C=O) groups is 3. The molecule has 486 valence electrons. The quantitative estimate of drug-likeness (QED) is 0.0225. The summed E-state index contributed by atoms with van der Waals surface area (Å²) in [7, 11) is 1.19. The van der Waals surface area contributed by atoms with Gasteiger partial charge in [0.15, 0.2) is 33.3 Å². The molecule has 17 heteroatoms. The van der Waals surface area contributed by atoms with Crippen molar-refractivity contribution in [2.45, 2.75) is 155 Å². The maximum absolute atomic E-state index is 12.3. The van der Waals surface area contributed by atoms with Crippen LogP contribution in [-0.2, 0) is 40.8 Å². The zero-order chi connectivity index (χ0) is 65.8. The zero-order valence-electron chi connectivity index (χ0n) is 56.8. The van der Waals surface area contributed by atoms with E-state index in [1.165, 1.54) is 35.7 Å². The molecule has 0 bridgehead atoms. The van der Waals surface area contributed by atoms with Crippen molar-refractivity contribution in [3.63, 3.8) is 0 Å². The lowest BCUT2D eigenvalue weighted by atomic mass is 9.78. The van der Waals surface area contributed by atoms with Gasteiger partial charge >= 0.3 is 17.9 Å². The molecule has 0 N–H and O–H groups in total. The van der Waals surface area contributed by atoms with Crippen molar-refractivity contribution in [3.8, 4) is 34.5 Å². The summed E-state index contributed by atoms with van der Waals surface area (Å²) in [5.41, 5.74) is 5.87. The van der Waals surface area contributed by atoms with Crippen molar-refractivity contribution >= 4 is 51.2 Å². The summed E-state index contributed by atoms with van der Waals surface area (Å²) in [5, 5.41) is 0. The summed E-state index contributed by atoms with van der Waals surface area (Å²) in [5.74, 6) is 4.70. The number of methoxy groups -OCH3 is 5. The number of para-hydroxylation sites is 2. The lowest BCUT2D eigenvalue weighted by Gasteiger charge is -2.37. The SMILES string of the molecule is COc1ccc(C(=O)OCCC(C)C[Si](C)(C)O[Si](C)(C)CC(C)CCOC(=O)c2ccc(OC)cc2)cc1.COc1ccc(C(C)(C)c2ccc(OC(C)=O)cc2)cc1.COc1ccccc1CCC[Si](C)(C)O[Si](C)(C)CCCc1ccccc1OC. The summed E-state index contributed by atoms with van der Waals surface area (Å²) >= 11 is 0. The molecule has 0 saturated carbocycles. The van der Waals surface area contributed by atoms with Gasteiger partial charge in [-0.25, -0.2) is 9.59 Å². The highest BCUT2D eigenvalue weighted by Crippen LogP contribution is 2.35. The van der Waals surface area contributed by atoms with E-state index in [1.54, 1.807) is 84.1 Å². The Morgan fingerprint density at radius 1 is 0.427 bits per heavy atom. The van der Waals surface area contributed by atoms with E-state index in [2.05, 4.69) is 116 Å². The largest absolute Gasteiger partial charge is 0.497 e. The summed E-state index contributed by atoms with van der Waals surface area (Å²) in [6, 6.07) is 50.7. The van der Waals surface area contributed by atoms with Crippen LogP contribution >= 0.6 is 0 Å². The fraction of sp³-hybridized carbons (Fsp3) is 0.458. The van der Waals surface area contributed by atoms with Crippen molar-refractivity contribution < 1.29 is 60.5 Å². The standard InChI is InChI=1S/C30H46O7Si2.C24H38O3Si2.C18H20O3/c1-23(17-19-35-29(31)25-9-13-27(33-3)14-10-25)21-38(5,6)37-39(7,8)22-24(2)18-20-36-30(32)26-11-15-28(34-4)16-12-26;1-25-23-17-9-7-13-21(23)15-11-19-28(3,4)27-29(5,6)20-12-16-22-14-8-10-18-24(22)26-2;1-13(19)21-17-11-7-15(8-12-17)18(2,3)14-5-9-16(20-4)10-6-14/h9-16,23-24H,17-22H2,1-8H3;7-10,13-14,17-18H,11-12,15-16,19-20H2,1-6H3;5-12H,1-4H3. The summed E-state index contributed by atoms with van der Waals surface area (Å²) in [4.78, 5) is 35.6. The molecule has 0 radical (unpaired) electrons. The number of rotatable bonds is 32. The number of hydrogen-bond acceptors (Lipinski definition) is 13. The third-order valence-corrected chi connectivity index (χ3v) is 30.9. The summed E-state index contributed by atoms with van der Waals surface area (Å²) in [6.07, 6.45) is 6.04. The minimum atomic E-state index is -1.91. The van der Waals surface area contributed by atoms with Crippen LogP contribution in [0.3, 0.4) is 0 Å². The number of hydrogen-bond donors (Lipinski definition) is 0. The highest BCUT2D eigenvalue weighted by molar-refractivity contribution is 6.85. The van der Waals surface area contributed by atoms with Crippen LogP contribution in [0, 0.1) is 11.8 Å². The van der Waals surface area contributed by atoms with Gasteiger partial charge in [0.1, 0.15) is 34.5 Å². The molecular formula is C72H104O13Si4. The molecule has 2 atom stereocenters. The Morgan fingerprint density at radius 2 is 0.753 bits per heavy atom. The van der Waals surface area contributed by atoms with Gasteiger partial charge in [0.25, 0.3) is 0 Å². The molecule has 0 aliphatic heterocycles. The van der Waals surface area contributed by atoms with E-state index in [9.17, 15) is 14.4 Å². The molecule has 0 aliphatic carbocycles. The lowest BCUT2D eigenvalue weighted by Crippen LogP contribution is -2.46. The lowest BCUT2D eigenvalue weighted by molar-refractivity contribution is -0.131. The summed E-state index contributed by atoms with van der Waals surface area (Å²) < 4.78 is 56.1. The normalized spacial score (nSPS) is 12.4. The molecule has 6 aromatic carbocycles. The monoisotopic (exact) mass is 1290 g/mol. The number of aryl methyl sites for hydroxylation is 2. The van der Waals surface area contributed by atoms with Crippen molar-refractivity contribution in [2.24, 2.45) is 11.8 Å². The van der Waals surface area contributed by atoms with Gasteiger partial charge in [-0.2, -0.15) is 0 Å². The van der Waals surface area contributed by atoms with Crippen molar-refractivity contribution in [3.05, 3.63) is 179 Å². The van der Waals surface area contributed by atoms with Crippen LogP contribution < -0.4 is 28.4 Å². The number of esters is 3. The van der Waals surface area contributed by atoms with Crippen LogP contribution in [0.5, 0.6) is 34.5 Å². The first-order valence-electron chi connectivity index (χ1n) is 31.2. The average Bonchev–Trinajstić information content (AvgIpc) is 2.88. The van der Waals surface area contributed by atoms with E-state index in [4.69, 9.17) is 46.1 Å². The van der Waals surface area contributed by atoms with Gasteiger partial charge in [0.2, 0.25) is 0 Å². The van der Waals surface area contributed by atoms with Gasteiger partial charge < -0.3 is 46.1 Å². The van der Waals surface area contributed by atoms with Gasteiger partial charge in [0, 0.05) is 12.3 Å². The van der Waals surface area contributed by atoms with Crippen LogP contribution in [0.4, 0.5) is 0 Å². The van der Waals surface area contributed by atoms with Crippen LogP contribution in [0.25, 0.3) is 0 Å². The van der Waals surface area contributed by atoms with Crippen LogP contribution in [0.15, 0.2) is 146 Å². The van der Waals surface area contributed by atoms with Crippen molar-refractivity contribution in [1.29, 1.82) is 0 Å². The molecular weight excluding hydrogens is 1190 g/mol. The van der Waals surface area contributed by atoms with Gasteiger partial charge in [-0.3, -0.25) is 4.79 Å². The maximum Gasteiger partial charge on any atom is 0.338 e. The predicted octanol–water partition coefficient (Wildman–Crippen LogP) is 17.8. The average molecular weight is 1290 g/mol. The van der Waals surface area contributed by atoms with Gasteiger partial charge in [-0.15, -0.1) is 0 Å². The Kier molecular flexibility index (Phi) is 30.7. The second-order valence-electron chi connectivity index (χ2n) is 26.0. The molecule has 0 aliphatic rings. The Hall–Kier alpha value is -6.48. The first kappa shape index (κ1) is 75.0. The fourth-order valence-electron chi connectivity index (χ4n) is 11.4. The van der Waals surface area contributed by atoms with Gasteiger partial charge in [-0.1, -0.05) is 88.4 Å². The van der Waals surface area contributed by atoms with Crippen molar-refractivity contribution in [2.75, 3.05) is 48.8 Å². The molecule has 13 nitrogen and oxygen atoms in total. The molecule has 89 heavy (non-hydrogen) atoms. The molecule has 2 unspecified atom stereocenters. The first-order chi connectivity index (χ1) is 42.0. The van der Waals surface area contributed by atoms with E-state index in [0.717, 1.165) is 73.4 Å². The topological polar surface area (TPSA) is 144 Å². The second kappa shape index (κ2) is 36.4.